The summed E-state index contributed by atoms with van der Waals surface area (Å²) in [5.74, 6) is 0.748. The predicted molar refractivity (Wildman–Crippen MR) is 102 cm³/mol. The van der Waals surface area contributed by atoms with E-state index in [4.69, 9.17) is 4.98 Å². The first-order valence-electron chi connectivity index (χ1n) is 8.10. The molecule has 0 fully saturated rings. The van der Waals surface area contributed by atoms with Gasteiger partial charge in [0.25, 0.3) is 5.56 Å². The molecule has 3 nitrogen and oxygen atoms in total. The molecular formula is C19H18N2OS2. The van der Waals surface area contributed by atoms with Crippen LogP contribution in [0.2, 0.25) is 0 Å². The van der Waals surface area contributed by atoms with Crippen LogP contribution < -0.4 is 5.56 Å². The number of aromatic nitrogens is 2. The topological polar surface area (TPSA) is 34.9 Å². The summed E-state index contributed by atoms with van der Waals surface area (Å²) in [6.07, 6.45) is 5.10. The van der Waals surface area contributed by atoms with Crippen LogP contribution in [-0.4, -0.2) is 15.3 Å². The third-order valence-corrected chi connectivity index (χ3v) is 6.46. The average molecular weight is 355 g/mol. The Labute approximate surface area is 149 Å². The van der Waals surface area contributed by atoms with E-state index in [0.29, 0.717) is 6.54 Å². The minimum atomic E-state index is 0.106. The maximum absolute atomic E-state index is 13.2. The van der Waals surface area contributed by atoms with Gasteiger partial charge in [-0.15, -0.1) is 17.9 Å². The minimum absolute atomic E-state index is 0.106. The Morgan fingerprint density at radius 1 is 1.29 bits per heavy atom. The summed E-state index contributed by atoms with van der Waals surface area (Å²) in [4.78, 5) is 20.3. The van der Waals surface area contributed by atoms with Crippen molar-refractivity contribution in [3.8, 4) is 0 Å². The molecule has 24 heavy (non-hydrogen) atoms. The number of hydrogen-bond donors (Lipinski definition) is 0. The first-order valence-corrected chi connectivity index (χ1v) is 9.91. The molecule has 0 N–H and O–H groups in total. The fourth-order valence-electron chi connectivity index (χ4n) is 3.21. The molecule has 2 aromatic heterocycles. The summed E-state index contributed by atoms with van der Waals surface area (Å²) in [6, 6.07) is 10.1. The smallest absolute Gasteiger partial charge is 0.263 e. The molecule has 0 saturated carbocycles. The molecule has 2 heterocycles. The zero-order valence-electron chi connectivity index (χ0n) is 13.3. The van der Waals surface area contributed by atoms with Gasteiger partial charge in [-0.1, -0.05) is 48.2 Å². The second kappa shape index (κ2) is 6.57. The number of aryl methyl sites for hydroxylation is 2. The van der Waals surface area contributed by atoms with E-state index in [9.17, 15) is 4.79 Å². The normalized spacial score (nSPS) is 13.3. The van der Waals surface area contributed by atoms with Crippen molar-refractivity contribution >= 4 is 33.3 Å². The summed E-state index contributed by atoms with van der Waals surface area (Å²) < 4.78 is 1.83. The van der Waals surface area contributed by atoms with Crippen LogP contribution >= 0.6 is 23.1 Å². The van der Waals surface area contributed by atoms with E-state index in [1.807, 2.05) is 28.8 Å². The highest BCUT2D eigenvalue weighted by Crippen LogP contribution is 2.35. The maximum atomic E-state index is 13.2. The van der Waals surface area contributed by atoms with E-state index in [0.717, 1.165) is 46.0 Å². The number of benzene rings is 1. The maximum Gasteiger partial charge on any atom is 0.263 e. The van der Waals surface area contributed by atoms with E-state index in [-0.39, 0.29) is 5.56 Å². The zero-order valence-corrected chi connectivity index (χ0v) is 15.0. The Bertz CT molecular complexity index is 957. The molecule has 0 amide bonds. The molecule has 0 bridgehead atoms. The van der Waals surface area contributed by atoms with Crippen LogP contribution in [0, 0.1) is 0 Å². The van der Waals surface area contributed by atoms with Crippen LogP contribution in [0.1, 0.15) is 22.4 Å². The molecule has 0 unspecified atom stereocenters. The van der Waals surface area contributed by atoms with Crippen molar-refractivity contribution in [1.29, 1.82) is 0 Å². The van der Waals surface area contributed by atoms with Crippen LogP contribution in [0.25, 0.3) is 10.2 Å². The molecule has 1 aliphatic rings. The highest BCUT2D eigenvalue weighted by atomic mass is 32.2. The third-order valence-electron chi connectivity index (χ3n) is 4.30. The van der Waals surface area contributed by atoms with Crippen LogP contribution in [0.15, 0.2) is 52.9 Å². The zero-order chi connectivity index (χ0) is 16.5. The Morgan fingerprint density at radius 2 is 2.12 bits per heavy atom. The van der Waals surface area contributed by atoms with E-state index < -0.39 is 0 Å². The fraction of sp³-hybridized carbons (Fsp3) is 0.263. The Morgan fingerprint density at radius 3 is 2.92 bits per heavy atom. The number of rotatable bonds is 5. The quantitative estimate of drug-likeness (QED) is 0.390. The molecule has 0 saturated heterocycles. The second-order valence-electron chi connectivity index (χ2n) is 5.91. The molecule has 0 spiro atoms. The summed E-state index contributed by atoms with van der Waals surface area (Å²) in [5, 5.41) is 1.64. The number of thioether (sulfide) groups is 1. The lowest BCUT2D eigenvalue weighted by Gasteiger charge is -2.12. The van der Waals surface area contributed by atoms with Gasteiger partial charge in [-0.3, -0.25) is 9.36 Å². The first kappa shape index (κ1) is 15.7. The highest BCUT2D eigenvalue weighted by molar-refractivity contribution is 7.99. The van der Waals surface area contributed by atoms with Gasteiger partial charge in [0.2, 0.25) is 0 Å². The predicted octanol–water partition coefficient (Wildman–Crippen LogP) is 4.27. The number of nitrogens with zero attached hydrogens (tertiary/aromatic N) is 2. The summed E-state index contributed by atoms with van der Waals surface area (Å²) in [5.41, 5.74) is 2.47. The molecule has 1 aromatic carbocycles. The molecule has 0 atom stereocenters. The molecular weight excluding hydrogens is 336 g/mol. The summed E-state index contributed by atoms with van der Waals surface area (Å²) in [7, 11) is 0. The molecule has 4 rings (SSSR count). The van der Waals surface area contributed by atoms with Gasteiger partial charge in [0.15, 0.2) is 5.16 Å². The summed E-state index contributed by atoms with van der Waals surface area (Å²) >= 11 is 3.28. The van der Waals surface area contributed by atoms with Gasteiger partial charge in [0.05, 0.1) is 11.9 Å². The minimum Gasteiger partial charge on any atom is -0.283 e. The van der Waals surface area contributed by atoms with E-state index in [2.05, 4.69) is 18.7 Å². The van der Waals surface area contributed by atoms with Crippen molar-refractivity contribution in [2.45, 2.75) is 31.0 Å². The lowest BCUT2D eigenvalue weighted by Crippen LogP contribution is -2.24. The standard InChI is InChI=1S/C19H18N2OS2/c1-2-11-23-19-20-17-16(14-9-6-10-15(14)24-17)18(22)21(19)12-13-7-4-3-5-8-13/h2-5,7-8H,1,6,9-12H2. The second-order valence-corrected chi connectivity index (χ2v) is 7.98. The van der Waals surface area contributed by atoms with Gasteiger partial charge in [0, 0.05) is 10.6 Å². The van der Waals surface area contributed by atoms with Crippen molar-refractivity contribution in [2.75, 3.05) is 5.75 Å². The van der Waals surface area contributed by atoms with Crippen LogP contribution in [-0.2, 0) is 19.4 Å². The highest BCUT2D eigenvalue weighted by Gasteiger charge is 2.23. The van der Waals surface area contributed by atoms with Crippen molar-refractivity contribution in [3.05, 3.63) is 69.3 Å². The van der Waals surface area contributed by atoms with Crippen LogP contribution in [0.3, 0.4) is 0 Å². The van der Waals surface area contributed by atoms with Gasteiger partial charge in [-0.2, -0.15) is 0 Å². The number of fused-ring (bicyclic) bond motifs is 3. The Balaban J connectivity index is 1.89. The van der Waals surface area contributed by atoms with Crippen molar-refractivity contribution in [3.63, 3.8) is 0 Å². The molecule has 5 heteroatoms. The molecule has 122 valence electrons. The van der Waals surface area contributed by atoms with Crippen molar-refractivity contribution < 1.29 is 0 Å². The lowest BCUT2D eigenvalue weighted by molar-refractivity contribution is 0.659. The largest absolute Gasteiger partial charge is 0.283 e. The number of hydrogen-bond acceptors (Lipinski definition) is 4. The first-order chi connectivity index (χ1) is 11.8. The molecule has 3 aromatic rings. The van der Waals surface area contributed by atoms with Crippen molar-refractivity contribution in [2.24, 2.45) is 0 Å². The van der Waals surface area contributed by atoms with Gasteiger partial charge < -0.3 is 0 Å². The SMILES string of the molecule is C=CCSc1nc2sc3c(c2c(=O)n1Cc1ccccc1)CCC3. The van der Waals surface area contributed by atoms with E-state index in [1.165, 1.54) is 10.4 Å². The average Bonchev–Trinajstić information content (AvgIpc) is 3.17. The Hall–Kier alpha value is -1.85. The van der Waals surface area contributed by atoms with Gasteiger partial charge in [-0.05, 0) is 30.4 Å². The van der Waals surface area contributed by atoms with Crippen molar-refractivity contribution in [1.82, 2.24) is 9.55 Å². The van der Waals surface area contributed by atoms with Gasteiger partial charge in [-0.25, -0.2) is 4.98 Å². The summed E-state index contributed by atoms with van der Waals surface area (Å²) in [6.45, 7) is 4.34. The molecule has 1 aliphatic carbocycles. The van der Waals surface area contributed by atoms with Crippen LogP contribution in [0.5, 0.6) is 0 Å². The van der Waals surface area contributed by atoms with E-state index >= 15 is 0 Å². The lowest BCUT2D eigenvalue weighted by atomic mass is 10.2. The number of thiophene rings is 1. The Kier molecular flexibility index (Phi) is 4.29. The van der Waals surface area contributed by atoms with E-state index in [1.54, 1.807) is 23.1 Å². The monoisotopic (exact) mass is 354 g/mol. The van der Waals surface area contributed by atoms with Gasteiger partial charge >= 0.3 is 0 Å². The molecule has 0 radical (unpaired) electrons. The van der Waals surface area contributed by atoms with Gasteiger partial charge in [0.1, 0.15) is 4.83 Å². The third kappa shape index (κ3) is 2.72. The molecule has 0 aliphatic heterocycles. The van der Waals surface area contributed by atoms with Crippen LogP contribution in [0.4, 0.5) is 0 Å². The fourth-order valence-corrected chi connectivity index (χ4v) is 5.24.